The molecule has 0 aliphatic heterocycles. The van der Waals surface area contributed by atoms with Gasteiger partial charge in [0.1, 0.15) is 6.61 Å². The molecule has 0 spiro atoms. The van der Waals surface area contributed by atoms with Gasteiger partial charge in [0, 0.05) is 4.47 Å². The number of benzene rings is 1. The van der Waals surface area contributed by atoms with Crippen LogP contribution in [0, 0.1) is 6.92 Å². The minimum Gasteiger partial charge on any atom is -0.473 e. The number of hydrogen-bond donors (Lipinski definition) is 1. The van der Waals surface area contributed by atoms with Gasteiger partial charge in [0.15, 0.2) is 6.10 Å². The van der Waals surface area contributed by atoms with Gasteiger partial charge in [0.25, 0.3) is 0 Å². The number of ether oxygens (including phenoxy) is 3. The first kappa shape index (κ1) is 19.7. The number of halogens is 2. The van der Waals surface area contributed by atoms with Gasteiger partial charge in [-0.25, -0.2) is 9.78 Å². The fourth-order valence-electron chi connectivity index (χ4n) is 1.97. The van der Waals surface area contributed by atoms with Gasteiger partial charge in [-0.3, -0.25) is 0 Å². The van der Waals surface area contributed by atoms with E-state index >= 15 is 0 Å². The first-order valence-electron chi connectivity index (χ1n) is 7.49. The molecule has 2 N–H and O–H groups in total. The summed E-state index contributed by atoms with van der Waals surface area (Å²) in [5.41, 5.74) is 6.92. The zero-order chi connectivity index (χ0) is 18.2. The van der Waals surface area contributed by atoms with Crippen molar-refractivity contribution < 1.29 is 19.0 Å². The van der Waals surface area contributed by atoms with E-state index in [1.54, 1.807) is 0 Å². The molecule has 2 aromatic rings. The van der Waals surface area contributed by atoms with Crippen molar-refractivity contribution in [2.75, 3.05) is 13.2 Å². The largest absolute Gasteiger partial charge is 0.473 e. The Hall–Kier alpha value is -1.64. The van der Waals surface area contributed by atoms with E-state index in [1.165, 1.54) is 0 Å². The van der Waals surface area contributed by atoms with Crippen molar-refractivity contribution in [3.63, 3.8) is 0 Å². The van der Waals surface area contributed by atoms with Crippen LogP contribution in [0.3, 0.4) is 0 Å². The fraction of sp³-hybridized carbons (Fsp3) is 0.294. The molecule has 1 amide bonds. The zero-order valence-corrected chi connectivity index (χ0v) is 16.7. The highest BCUT2D eigenvalue weighted by atomic mass is 79.9. The Labute approximate surface area is 162 Å². The molecule has 1 aromatic carbocycles. The predicted octanol–water partition coefficient (Wildman–Crippen LogP) is 3.97. The van der Waals surface area contributed by atoms with Crippen LogP contribution >= 0.6 is 31.9 Å². The molecule has 2 rings (SSSR count). The molecule has 0 radical (unpaired) electrons. The molecule has 134 valence electrons. The van der Waals surface area contributed by atoms with Crippen LogP contribution < -0.4 is 10.5 Å². The van der Waals surface area contributed by atoms with E-state index in [0.29, 0.717) is 17.0 Å². The quantitative estimate of drug-likeness (QED) is 0.626. The van der Waals surface area contributed by atoms with Gasteiger partial charge in [0.05, 0.1) is 23.4 Å². The molecular formula is C17H18Br2N2O4. The Kier molecular flexibility index (Phi) is 7.67. The summed E-state index contributed by atoms with van der Waals surface area (Å²) < 4.78 is 17.8. The zero-order valence-electron chi connectivity index (χ0n) is 13.6. The molecule has 6 nitrogen and oxygen atoms in total. The van der Waals surface area contributed by atoms with Gasteiger partial charge in [-0.2, -0.15) is 0 Å². The van der Waals surface area contributed by atoms with Gasteiger partial charge in [0.2, 0.25) is 5.88 Å². The first-order valence-corrected chi connectivity index (χ1v) is 9.07. The molecule has 0 saturated heterocycles. The van der Waals surface area contributed by atoms with Crippen molar-refractivity contribution >= 4 is 38.0 Å². The van der Waals surface area contributed by atoms with Gasteiger partial charge in [-0.05, 0) is 50.4 Å². The molecule has 0 fully saturated rings. The normalized spacial score (nSPS) is 11.8. The maximum absolute atomic E-state index is 11.1. The Bertz CT molecular complexity index is 713. The monoisotopic (exact) mass is 472 g/mol. The summed E-state index contributed by atoms with van der Waals surface area (Å²) in [6, 6.07) is 11.5. The van der Waals surface area contributed by atoms with Crippen molar-refractivity contribution in [1.29, 1.82) is 0 Å². The molecule has 1 aromatic heterocycles. The molecular weight excluding hydrogens is 456 g/mol. The van der Waals surface area contributed by atoms with E-state index in [9.17, 15) is 4.79 Å². The third-order valence-electron chi connectivity index (χ3n) is 3.18. The Morgan fingerprint density at radius 3 is 2.60 bits per heavy atom. The summed E-state index contributed by atoms with van der Waals surface area (Å²) in [5, 5.41) is 0. The third kappa shape index (κ3) is 6.64. The standard InChI is InChI=1S/C17H18Br2N2O4/c1-11-14(18)7-15(19)16(21-11)24-10-13(25-17(20)22)9-23-8-12-5-3-2-4-6-12/h2-7,13H,8-10H2,1H3,(H2,20,22)/t13-/m0/s1. The Morgan fingerprint density at radius 1 is 1.20 bits per heavy atom. The SMILES string of the molecule is Cc1nc(OC[C@H](COCc2ccccc2)OC(N)=O)c(Br)cc1Br. The number of rotatable bonds is 8. The van der Waals surface area contributed by atoms with Gasteiger partial charge in [-0.1, -0.05) is 30.3 Å². The number of carbonyl (C=O) groups is 1. The second-order valence-corrected chi connectivity index (χ2v) is 6.92. The molecule has 25 heavy (non-hydrogen) atoms. The van der Waals surface area contributed by atoms with E-state index in [0.717, 1.165) is 15.7 Å². The topological polar surface area (TPSA) is 83.7 Å². The number of aromatic nitrogens is 1. The highest BCUT2D eigenvalue weighted by Crippen LogP contribution is 2.28. The lowest BCUT2D eigenvalue weighted by Gasteiger charge is -2.18. The summed E-state index contributed by atoms with van der Waals surface area (Å²) in [6.45, 7) is 2.48. The predicted molar refractivity (Wildman–Crippen MR) is 100 cm³/mol. The van der Waals surface area contributed by atoms with E-state index < -0.39 is 12.2 Å². The third-order valence-corrected chi connectivity index (χ3v) is 4.55. The van der Waals surface area contributed by atoms with Crippen LogP contribution in [0.5, 0.6) is 5.88 Å². The fourth-order valence-corrected chi connectivity index (χ4v) is 3.03. The minimum atomic E-state index is -0.879. The number of aryl methyl sites for hydroxylation is 1. The van der Waals surface area contributed by atoms with Crippen molar-refractivity contribution in [1.82, 2.24) is 4.98 Å². The molecule has 0 aliphatic rings. The second-order valence-electron chi connectivity index (χ2n) is 5.21. The molecule has 1 heterocycles. The molecule has 8 heteroatoms. The summed E-state index contributed by atoms with van der Waals surface area (Å²) in [6.07, 6.45) is -1.52. The lowest BCUT2D eigenvalue weighted by atomic mass is 10.2. The average molecular weight is 474 g/mol. The van der Waals surface area contributed by atoms with Crippen molar-refractivity contribution in [2.24, 2.45) is 5.73 Å². The average Bonchev–Trinajstić information content (AvgIpc) is 2.57. The highest BCUT2D eigenvalue weighted by Gasteiger charge is 2.16. The lowest BCUT2D eigenvalue weighted by molar-refractivity contribution is -0.00499. The van der Waals surface area contributed by atoms with E-state index in [1.807, 2.05) is 43.3 Å². The maximum atomic E-state index is 11.1. The Morgan fingerprint density at radius 2 is 1.92 bits per heavy atom. The van der Waals surface area contributed by atoms with Gasteiger partial charge < -0.3 is 19.9 Å². The number of carbonyl (C=O) groups excluding carboxylic acids is 1. The highest BCUT2D eigenvalue weighted by molar-refractivity contribution is 9.11. The molecule has 0 bridgehead atoms. The van der Waals surface area contributed by atoms with Crippen LogP contribution in [0.15, 0.2) is 45.3 Å². The summed E-state index contributed by atoms with van der Waals surface area (Å²) in [5.74, 6) is 0.404. The first-order chi connectivity index (χ1) is 12.0. The van der Waals surface area contributed by atoms with Gasteiger partial charge in [-0.15, -0.1) is 0 Å². The van der Waals surface area contributed by atoms with Crippen molar-refractivity contribution in [3.05, 3.63) is 56.6 Å². The lowest BCUT2D eigenvalue weighted by Crippen LogP contribution is -2.32. The van der Waals surface area contributed by atoms with E-state index in [2.05, 4.69) is 36.8 Å². The minimum absolute atomic E-state index is 0.0738. The number of primary amides is 1. The molecule has 0 unspecified atom stereocenters. The van der Waals surface area contributed by atoms with Gasteiger partial charge >= 0.3 is 6.09 Å². The van der Waals surface area contributed by atoms with E-state index in [4.69, 9.17) is 19.9 Å². The van der Waals surface area contributed by atoms with Crippen LogP contribution in [0.1, 0.15) is 11.3 Å². The smallest absolute Gasteiger partial charge is 0.404 e. The van der Waals surface area contributed by atoms with E-state index in [-0.39, 0.29) is 13.2 Å². The van der Waals surface area contributed by atoms with Crippen LogP contribution in [0.25, 0.3) is 0 Å². The molecule has 0 saturated carbocycles. The number of pyridine rings is 1. The summed E-state index contributed by atoms with van der Waals surface area (Å²) >= 11 is 6.78. The van der Waals surface area contributed by atoms with Crippen LogP contribution in [0.2, 0.25) is 0 Å². The number of nitrogens with zero attached hydrogens (tertiary/aromatic N) is 1. The number of amides is 1. The number of hydrogen-bond acceptors (Lipinski definition) is 5. The van der Waals surface area contributed by atoms with Crippen LogP contribution in [-0.2, 0) is 16.1 Å². The summed E-state index contributed by atoms with van der Waals surface area (Å²) in [7, 11) is 0. The Balaban J connectivity index is 1.91. The number of nitrogens with two attached hydrogens (primary N) is 1. The van der Waals surface area contributed by atoms with Crippen LogP contribution in [-0.4, -0.2) is 30.4 Å². The van der Waals surface area contributed by atoms with Crippen LogP contribution in [0.4, 0.5) is 4.79 Å². The summed E-state index contributed by atoms with van der Waals surface area (Å²) in [4.78, 5) is 15.4. The molecule has 0 aliphatic carbocycles. The van der Waals surface area contributed by atoms with Crippen molar-refractivity contribution in [3.8, 4) is 5.88 Å². The van der Waals surface area contributed by atoms with Crippen molar-refractivity contribution in [2.45, 2.75) is 19.6 Å². The second kappa shape index (κ2) is 9.74. The maximum Gasteiger partial charge on any atom is 0.404 e. The molecule has 1 atom stereocenters.